The lowest BCUT2D eigenvalue weighted by atomic mass is 10.1. The number of aromatic carboxylic acids is 1. The van der Waals surface area contributed by atoms with E-state index in [0.717, 1.165) is 0 Å². The summed E-state index contributed by atoms with van der Waals surface area (Å²) < 4.78 is 1.40. The fourth-order valence-electron chi connectivity index (χ4n) is 2.52. The van der Waals surface area contributed by atoms with Gasteiger partial charge >= 0.3 is 5.97 Å². The second-order valence-electron chi connectivity index (χ2n) is 4.68. The molecule has 1 saturated heterocycles. The molecule has 20 heavy (non-hydrogen) atoms. The number of piperazine rings is 1. The number of carbonyl (C=O) groups excluding carboxylic acids is 2. The van der Waals surface area contributed by atoms with Gasteiger partial charge in [0.15, 0.2) is 0 Å². The van der Waals surface area contributed by atoms with E-state index < -0.39 is 23.8 Å². The first-order chi connectivity index (χ1) is 9.36. The average molecular weight is 280 g/mol. The Morgan fingerprint density at radius 3 is 2.70 bits per heavy atom. The molecule has 1 aromatic rings. The molecule has 0 spiro atoms. The van der Waals surface area contributed by atoms with Crippen LogP contribution in [-0.2, 0) is 16.6 Å². The lowest BCUT2D eigenvalue weighted by Crippen LogP contribution is -2.58. The number of aromatic nitrogens is 2. The molecule has 1 fully saturated rings. The van der Waals surface area contributed by atoms with Gasteiger partial charge in [0.1, 0.15) is 17.4 Å². The number of carbonyl (C=O) groups is 3. The van der Waals surface area contributed by atoms with Crippen LogP contribution in [0.25, 0.3) is 0 Å². The number of carboxylic acid groups (broad SMARTS) is 1. The second-order valence-corrected chi connectivity index (χ2v) is 4.68. The van der Waals surface area contributed by atoms with Crippen LogP contribution < -0.4 is 10.2 Å². The molecule has 8 heteroatoms. The fraction of sp³-hybridized carbons (Fsp3) is 0.500. The number of carboxylic acids is 1. The van der Waals surface area contributed by atoms with Crippen LogP contribution in [0.1, 0.15) is 29.4 Å². The van der Waals surface area contributed by atoms with E-state index in [4.69, 9.17) is 0 Å². The Kier molecular flexibility index (Phi) is 3.47. The van der Waals surface area contributed by atoms with Crippen molar-refractivity contribution in [2.45, 2.75) is 26.3 Å². The summed E-state index contributed by atoms with van der Waals surface area (Å²) >= 11 is 0. The van der Waals surface area contributed by atoms with Crippen molar-refractivity contribution in [2.75, 3.05) is 11.4 Å². The minimum Gasteiger partial charge on any atom is -0.477 e. The highest BCUT2D eigenvalue weighted by molar-refractivity contribution is 6.06. The van der Waals surface area contributed by atoms with Crippen LogP contribution in [0.2, 0.25) is 0 Å². The normalized spacial score (nSPS) is 19.1. The van der Waals surface area contributed by atoms with Gasteiger partial charge in [-0.1, -0.05) is 6.92 Å². The van der Waals surface area contributed by atoms with Gasteiger partial charge in [-0.05, 0) is 13.3 Å². The molecule has 2 heterocycles. The molecule has 1 aromatic heterocycles. The van der Waals surface area contributed by atoms with Crippen molar-refractivity contribution in [1.29, 1.82) is 0 Å². The van der Waals surface area contributed by atoms with Gasteiger partial charge in [-0.25, -0.2) is 4.79 Å². The first-order valence-corrected chi connectivity index (χ1v) is 6.24. The van der Waals surface area contributed by atoms with E-state index in [-0.39, 0.29) is 17.9 Å². The number of nitrogens with zero attached hydrogens (tertiary/aromatic N) is 3. The standard InChI is InChI=1S/C12H16N4O4/c1-4-7-10(18)13-8(17)5-16(7)11-9(12(19)20)6(2)14-15(11)3/h7H,4-5H2,1-3H3,(H,19,20)(H,13,17,18). The van der Waals surface area contributed by atoms with Gasteiger partial charge in [0.05, 0.1) is 12.2 Å². The van der Waals surface area contributed by atoms with E-state index in [1.165, 1.54) is 9.58 Å². The van der Waals surface area contributed by atoms with E-state index in [9.17, 15) is 19.5 Å². The van der Waals surface area contributed by atoms with Crippen LogP contribution in [0.4, 0.5) is 5.82 Å². The highest BCUT2D eigenvalue weighted by atomic mass is 16.4. The predicted molar refractivity (Wildman–Crippen MR) is 69.5 cm³/mol. The average Bonchev–Trinajstić information content (AvgIpc) is 2.63. The molecule has 1 aliphatic rings. The number of rotatable bonds is 3. The number of anilines is 1. The van der Waals surface area contributed by atoms with Gasteiger partial charge in [-0.15, -0.1) is 0 Å². The Balaban J connectivity index is 2.56. The maximum Gasteiger partial charge on any atom is 0.341 e. The minimum absolute atomic E-state index is 0.0217. The largest absolute Gasteiger partial charge is 0.477 e. The van der Waals surface area contributed by atoms with E-state index in [1.54, 1.807) is 20.9 Å². The molecule has 0 radical (unpaired) electrons. The Morgan fingerprint density at radius 2 is 2.15 bits per heavy atom. The third-order valence-electron chi connectivity index (χ3n) is 3.32. The SMILES string of the molecule is CCC1C(=O)NC(=O)CN1c1c(C(=O)O)c(C)nn1C. The zero-order valence-corrected chi connectivity index (χ0v) is 11.5. The van der Waals surface area contributed by atoms with Crippen molar-refractivity contribution in [3.63, 3.8) is 0 Å². The number of aryl methyl sites for hydroxylation is 2. The summed E-state index contributed by atoms with van der Waals surface area (Å²) in [6.45, 7) is 3.32. The lowest BCUT2D eigenvalue weighted by molar-refractivity contribution is -0.133. The minimum atomic E-state index is -1.13. The van der Waals surface area contributed by atoms with Gasteiger partial charge in [0, 0.05) is 7.05 Å². The van der Waals surface area contributed by atoms with Crippen LogP contribution in [0.15, 0.2) is 0 Å². The zero-order valence-electron chi connectivity index (χ0n) is 11.5. The smallest absolute Gasteiger partial charge is 0.341 e. The zero-order chi connectivity index (χ0) is 15.0. The van der Waals surface area contributed by atoms with Gasteiger partial charge in [0.2, 0.25) is 11.8 Å². The predicted octanol–water partition coefficient (Wildman–Crippen LogP) is -0.332. The fourth-order valence-corrected chi connectivity index (χ4v) is 2.52. The summed E-state index contributed by atoms with van der Waals surface area (Å²) in [4.78, 5) is 36.3. The van der Waals surface area contributed by atoms with E-state index >= 15 is 0 Å². The van der Waals surface area contributed by atoms with Crippen LogP contribution >= 0.6 is 0 Å². The molecule has 0 saturated carbocycles. The van der Waals surface area contributed by atoms with Crippen molar-refractivity contribution in [3.8, 4) is 0 Å². The highest BCUT2D eigenvalue weighted by Gasteiger charge is 2.37. The summed E-state index contributed by atoms with van der Waals surface area (Å²) in [5, 5.41) is 15.7. The molecule has 0 aromatic carbocycles. The maximum absolute atomic E-state index is 11.9. The van der Waals surface area contributed by atoms with Crippen molar-refractivity contribution < 1.29 is 19.5 Å². The second kappa shape index (κ2) is 4.95. The molecule has 8 nitrogen and oxygen atoms in total. The van der Waals surface area contributed by atoms with Crippen molar-refractivity contribution >= 4 is 23.6 Å². The molecule has 2 amide bonds. The molecule has 0 bridgehead atoms. The molecule has 0 aliphatic carbocycles. The summed E-state index contributed by atoms with van der Waals surface area (Å²) in [6, 6.07) is -0.583. The lowest BCUT2D eigenvalue weighted by Gasteiger charge is -2.35. The van der Waals surface area contributed by atoms with Crippen LogP contribution in [-0.4, -0.2) is 45.3 Å². The monoisotopic (exact) mass is 280 g/mol. The summed E-state index contributed by atoms with van der Waals surface area (Å²) in [5.41, 5.74) is 0.372. The molecule has 1 aliphatic heterocycles. The number of nitrogens with one attached hydrogen (secondary N) is 1. The van der Waals surface area contributed by atoms with Crippen LogP contribution in [0, 0.1) is 6.92 Å². The van der Waals surface area contributed by atoms with Gasteiger partial charge in [-0.2, -0.15) is 5.10 Å². The maximum atomic E-state index is 11.9. The number of hydrogen-bond acceptors (Lipinski definition) is 5. The Hall–Kier alpha value is -2.38. The van der Waals surface area contributed by atoms with Gasteiger partial charge in [-0.3, -0.25) is 19.6 Å². The molecular weight excluding hydrogens is 264 g/mol. The Labute approximate surface area is 115 Å². The summed E-state index contributed by atoms with van der Waals surface area (Å²) in [7, 11) is 1.60. The van der Waals surface area contributed by atoms with Gasteiger partial charge in [0.25, 0.3) is 0 Å². The van der Waals surface area contributed by atoms with Crippen LogP contribution in [0.3, 0.4) is 0 Å². The number of imide groups is 1. The van der Waals surface area contributed by atoms with E-state index in [1.807, 2.05) is 0 Å². The molecule has 2 rings (SSSR count). The van der Waals surface area contributed by atoms with Crippen molar-refractivity contribution in [3.05, 3.63) is 11.3 Å². The van der Waals surface area contributed by atoms with Crippen LogP contribution in [0.5, 0.6) is 0 Å². The summed E-state index contributed by atoms with van der Waals surface area (Å²) in [5.74, 6) is -1.71. The van der Waals surface area contributed by atoms with Crippen molar-refractivity contribution in [1.82, 2.24) is 15.1 Å². The first-order valence-electron chi connectivity index (χ1n) is 6.24. The molecule has 2 N–H and O–H groups in total. The molecule has 1 atom stereocenters. The molecular formula is C12H16N4O4. The summed E-state index contributed by atoms with van der Waals surface area (Å²) in [6.07, 6.45) is 0.461. The highest BCUT2D eigenvalue weighted by Crippen LogP contribution is 2.27. The van der Waals surface area contributed by atoms with Gasteiger partial charge < -0.3 is 10.0 Å². The van der Waals surface area contributed by atoms with Crippen molar-refractivity contribution in [2.24, 2.45) is 7.05 Å². The quantitative estimate of drug-likeness (QED) is 0.734. The molecule has 108 valence electrons. The Bertz CT molecular complexity index is 593. The number of hydrogen-bond donors (Lipinski definition) is 2. The third-order valence-corrected chi connectivity index (χ3v) is 3.32. The third kappa shape index (κ3) is 2.13. The van der Waals surface area contributed by atoms with E-state index in [0.29, 0.717) is 12.1 Å². The Morgan fingerprint density at radius 1 is 1.50 bits per heavy atom. The van der Waals surface area contributed by atoms with E-state index in [2.05, 4.69) is 10.4 Å². The molecule has 1 unspecified atom stereocenters. The topological polar surface area (TPSA) is 105 Å². The first kappa shape index (κ1) is 14.0. The number of amides is 2.